The Morgan fingerprint density at radius 1 is 0.897 bits per heavy atom. The van der Waals surface area contributed by atoms with Crippen LogP contribution in [0, 0.1) is 0 Å². The van der Waals surface area contributed by atoms with Crippen LogP contribution in [0.1, 0.15) is 10.4 Å². The van der Waals surface area contributed by atoms with Crippen molar-refractivity contribution in [1.29, 1.82) is 0 Å². The third-order valence-electron chi connectivity index (χ3n) is 3.52. The van der Waals surface area contributed by atoms with Crippen LogP contribution < -0.4 is 10.6 Å². The van der Waals surface area contributed by atoms with Gasteiger partial charge in [-0.3, -0.25) is 10.1 Å². The Morgan fingerprint density at radius 2 is 1.62 bits per heavy atom. The van der Waals surface area contributed by atoms with E-state index >= 15 is 0 Å². The lowest BCUT2D eigenvalue weighted by molar-refractivity contribution is 0.0967. The van der Waals surface area contributed by atoms with E-state index in [9.17, 15) is 9.59 Å². The largest absolute Gasteiger partial charge is 0.326 e. The highest BCUT2D eigenvalue weighted by atomic mass is 35.5. The van der Waals surface area contributed by atoms with Gasteiger partial charge in [0.05, 0.1) is 32.5 Å². The molecular formula is C19H11Cl4N3O2S. The topological polar surface area (TPSA) is 71.1 Å². The standard InChI is InChI=1S/C19H11Cl4N3O2S/c20-10-4-6-12(21)15(8-10)29-16-7-5-11(9-24-16)25-19(28)26-18(27)17-13(22)2-1-3-14(17)23/h1-9H,(H2,25,26,27,28). The number of carbonyl (C=O) groups is 2. The van der Waals surface area contributed by atoms with Gasteiger partial charge in [0, 0.05) is 9.92 Å². The minimum atomic E-state index is -0.744. The molecule has 0 saturated carbocycles. The molecule has 3 amide bonds. The summed E-state index contributed by atoms with van der Waals surface area (Å²) < 4.78 is 0. The van der Waals surface area contributed by atoms with E-state index in [2.05, 4.69) is 15.6 Å². The summed E-state index contributed by atoms with van der Waals surface area (Å²) in [6.45, 7) is 0. The summed E-state index contributed by atoms with van der Waals surface area (Å²) in [4.78, 5) is 29.3. The van der Waals surface area contributed by atoms with Crippen molar-refractivity contribution in [2.75, 3.05) is 5.32 Å². The molecule has 1 heterocycles. The number of amides is 3. The van der Waals surface area contributed by atoms with Crippen LogP contribution in [0.2, 0.25) is 20.1 Å². The van der Waals surface area contributed by atoms with Crippen LogP contribution in [0.15, 0.2) is 64.6 Å². The summed E-state index contributed by atoms with van der Waals surface area (Å²) in [5.41, 5.74) is 0.413. The van der Waals surface area contributed by atoms with Gasteiger partial charge in [-0.25, -0.2) is 9.78 Å². The molecule has 10 heteroatoms. The van der Waals surface area contributed by atoms with Gasteiger partial charge in [0.1, 0.15) is 5.03 Å². The molecule has 0 saturated heterocycles. The molecule has 29 heavy (non-hydrogen) atoms. The van der Waals surface area contributed by atoms with Crippen molar-refractivity contribution in [1.82, 2.24) is 10.3 Å². The van der Waals surface area contributed by atoms with Gasteiger partial charge in [-0.2, -0.15) is 0 Å². The fourth-order valence-corrected chi connectivity index (χ4v) is 4.08. The van der Waals surface area contributed by atoms with Crippen LogP contribution >= 0.6 is 58.2 Å². The number of rotatable bonds is 4. The highest BCUT2D eigenvalue weighted by Gasteiger charge is 2.17. The molecule has 3 rings (SSSR count). The second-order valence-electron chi connectivity index (χ2n) is 5.57. The zero-order chi connectivity index (χ0) is 21.0. The molecule has 0 atom stereocenters. The zero-order valence-corrected chi connectivity index (χ0v) is 18.2. The minimum absolute atomic E-state index is 0.0225. The molecule has 5 nitrogen and oxygen atoms in total. The number of imide groups is 1. The zero-order valence-electron chi connectivity index (χ0n) is 14.4. The van der Waals surface area contributed by atoms with Gasteiger partial charge in [-0.1, -0.05) is 64.2 Å². The van der Waals surface area contributed by atoms with Gasteiger partial charge in [-0.05, 0) is 42.5 Å². The summed E-state index contributed by atoms with van der Waals surface area (Å²) >= 11 is 25.4. The third-order valence-corrected chi connectivity index (χ3v) is 5.83. The first-order valence-corrected chi connectivity index (χ1v) is 10.3. The van der Waals surface area contributed by atoms with Crippen molar-refractivity contribution in [3.8, 4) is 0 Å². The maximum atomic E-state index is 12.2. The average Bonchev–Trinajstić information content (AvgIpc) is 2.66. The quantitative estimate of drug-likeness (QED) is 0.425. The molecule has 0 spiro atoms. The molecular weight excluding hydrogens is 476 g/mol. The first kappa shape index (κ1) is 21.7. The second-order valence-corrected chi connectivity index (χ2v) is 8.29. The van der Waals surface area contributed by atoms with Crippen molar-refractivity contribution in [2.24, 2.45) is 0 Å². The second kappa shape index (κ2) is 9.69. The normalized spacial score (nSPS) is 10.5. The molecule has 1 aromatic heterocycles. The van der Waals surface area contributed by atoms with Crippen LogP contribution in [0.4, 0.5) is 10.5 Å². The molecule has 0 aliphatic carbocycles. The molecule has 148 valence electrons. The monoisotopic (exact) mass is 485 g/mol. The maximum Gasteiger partial charge on any atom is 0.326 e. The number of nitrogens with one attached hydrogen (secondary N) is 2. The number of aromatic nitrogens is 1. The predicted octanol–water partition coefficient (Wildman–Crippen LogP) is 6.81. The maximum absolute atomic E-state index is 12.2. The molecule has 0 bridgehead atoms. The molecule has 0 fully saturated rings. The first-order chi connectivity index (χ1) is 13.8. The van der Waals surface area contributed by atoms with E-state index < -0.39 is 11.9 Å². The molecule has 0 unspecified atom stereocenters. The van der Waals surface area contributed by atoms with Crippen molar-refractivity contribution in [2.45, 2.75) is 9.92 Å². The van der Waals surface area contributed by atoms with E-state index in [0.717, 1.165) is 4.90 Å². The third kappa shape index (κ3) is 5.78. The Kier molecular flexibility index (Phi) is 7.27. The average molecular weight is 487 g/mol. The number of nitrogens with zero attached hydrogens (tertiary/aromatic N) is 1. The van der Waals surface area contributed by atoms with Gasteiger partial charge in [0.25, 0.3) is 5.91 Å². The van der Waals surface area contributed by atoms with Crippen LogP contribution in [-0.2, 0) is 0 Å². The Morgan fingerprint density at radius 3 is 2.28 bits per heavy atom. The molecule has 3 aromatic rings. The minimum Gasteiger partial charge on any atom is -0.306 e. The van der Waals surface area contributed by atoms with Gasteiger partial charge in [-0.15, -0.1) is 0 Å². The summed E-state index contributed by atoms with van der Waals surface area (Å²) in [5, 5.41) is 6.75. The fraction of sp³-hybridized carbons (Fsp3) is 0. The fourth-order valence-electron chi connectivity index (χ4n) is 2.23. The number of hydrogen-bond acceptors (Lipinski definition) is 4. The highest BCUT2D eigenvalue weighted by molar-refractivity contribution is 7.99. The number of benzene rings is 2. The Balaban J connectivity index is 1.63. The number of pyridine rings is 1. The van der Waals surface area contributed by atoms with Crippen LogP contribution in [-0.4, -0.2) is 16.9 Å². The smallest absolute Gasteiger partial charge is 0.306 e. The molecule has 0 radical (unpaired) electrons. The number of urea groups is 1. The van der Waals surface area contributed by atoms with Crippen molar-refractivity contribution >= 4 is 75.8 Å². The van der Waals surface area contributed by atoms with E-state index in [1.807, 2.05) is 0 Å². The Bertz CT molecular complexity index is 1060. The Hall–Kier alpha value is -1.96. The van der Waals surface area contributed by atoms with E-state index in [1.165, 1.54) is 30.1 Å². The lowest BCUT2D eigenvalue weighted by Gasteiger charge is -2.09. The van der Waals surface area contributed by atoms with E-state index in [-0.39, 0.29) is 15.6 Å². The van der Waals surface area contributed by atoms with E-state index in [1.54, 1.807) is 36.4 Å². The summed E-state index contributed by atoms with van der Waals surface area (Å²) in [5.74, 6) is -0.714. The highest BCUT2D eigenvalue weighted by Crippen LogP contribution is 2.34. The SMILES string of the molecule is O=C(NC(=O)c1c(Cl)cccc1Cl)Nc1ccc(Sc2cc(Cl)ccc2Cl)nc1. The Labute approximate surface area is 190 Å². The first-order valence-electron chi connectivity index (χ1n) is 7.99. The van der Waals surface area contributed by atoms with Crippen molar-refractivity contribution in [3.05, 3.63) is 80.4 Å². The van der Waals surface area contributed by atoms with E-state index in [0.29, 0.717) is 20.8 Å². The van der Waals surface area contributed by atoms with Crippen LogP contribution in [0.5, 0.6) is 0 Å². The van der Waals surface area contributed by atoms with Crippen molar-refractivity contribution < 1.29 is 9.59 Å². The number of anilines is 1. The summed E-state index contributed by atoms with van der Waals surface area (Å²) in [6, 6.07) is 12.3. The molecule has 0 aliphatic rings. The van der Waals surface area contributed by atoms with Crippen LogP contribution in [0.25, 0.3) is 0 Å². The summed E-state index contributed by atoms with van der Waals surface area (Å²) in [6.07, 6.45) is 1.45. The summed E-state index contributed by atoms with van der Waals surface area (Å²) in [7, 11) is 0. The lowest BCUT2D eigenvalue weighted by atomic mass is 10.2. The lowest BCUT2D eigenvalue weighted by Crippen LogP contribution is -2.34. The van der Waals surface area contributed by atoms with Gasteiger partial charge < -0.3 is 5.32 Å². The number of hydrogen-bond donors (Lipinski definition) is 2. The molecule has 0 aliphatic heterocycles. The molecule has 2 aromatic carbocycles. The number of carbonyl (C=O) groups excluding carboxylic acids is 2. The van der Waals surface area contributed by atoms with Crippen LogP contribution in [0.3, 0.4) is 0 Å². The van der Waals surface area contributed by atoms with Gasteiger partial charge in [0.2, 0.25) is 0 Å². The van der Waals surface area contributed by atoms with E-state index in [4.69, 9.17) is 46.4 Å². The predicted molar refractivity (Wildman–Crippen MR) is 118 cm³/mol. The number of halogens is 4. The molecule has 2 N–H and O–H groups in total. The van der Waals surface area contributed by atoms with Gasteiger partial charge >= 0.3 is 6.03 Å². The van der Waals surface area contributed by atoms with Crippen molar-refractivity contribution in [3.63, 3.8) is 0 Å². The van der Waals surface area contributed by atoms with Gasteiger partial charge in [0.15, 0.2) is 0 Å².